The molecule has 0 radical (unpaired) electrons. The van der Waals surface area contributed by atoms with E-state index in [0.717, 1.165) is 13.4 Å². The summed E-state index contributed by atoms with van der Waals surface area (Å²) in [5.74, 6) is -0.249. The summed E-state index contributed by atoms with van der Waals surface area (Å²) >= 11 is 16.1. The number of rotatable bonds is 2. The van der Waals surface area contributed by atoms with E-state index in [9.17, 15) is 4.79 Å². The molecule has 0 unspecified atom stereocenters. The lowest BCUT2D eigenvalue weighted by Gasteiger charge is -2.11. The Balaban J connectivity index is 2.32. The van der Waals surface area contributed by atoms with Gasteiger partial charge in [0, 0.05) is 24.7 Å². The summed E-state index contributed by atoms with van der Waals surface area (Å²) in [7, 11) is 0. The van der Waals surface area contributed by atoms with Gasteiger partial charge in [-0.1, -0.05) is 27.5 Å². The van der Waals surface area contributed by atoms with E-state index in [1.165, 1.54) is 6.07 Å². The third-order valence-corrected chi connectivity index (χ3v) is 4.33. The Bertz CT molecular complexity index is 648. The van der Waals surface area contributed by atoms with Gasteiger partial charge in [-0.05, 0) is 63.0 Å². The second-order valence-electron chi connectivity index (χ2n) is 4.02. The van der Waals surface area contributed by atoms with E-state index in [0.29, 0.717) is 22.1 Å². The second kappa shape index (κ2) is 6.56. The number of carbonyl (C=O) groups is 1. The van der Waals surface area contributed by atoms with Crippen LogP contribution in [0.3, 0.4) is 0 Å². The van der Waals surface area contributed by atoms with Gasteiger partial charge in [0.15, 0.2) is 0 Å². The van der Waals surface area contributed by atoms with Crippen molar-refractivity contribution in [3.05, 3.63) is 54.1 Å². The first-order valence-corrected chi connectivity index (χ1v) is 8.22. The molecule has 3 nitrogen and oxygen atoms in total. The average Bonchev–Trinajstić information content (AvgIpc) is 2.32. The number of amides is 1. The van der Waals surface area contributed by atoms with Gasteiger partial charge in [0.05, 0.1) is 5.69 Å². The lowest BCUT2D eigenvalue weighted by Crippen LogP contribution is -2.13. The number of aromatic nitrogens is 1. The van der Waals surface area contributed by atoms with Crippen LogP contribution in [0.2, 0.25) is 5.15 Å². The van der Waals surface area contributed by atoms with Crippen LogP contribution in [0.5, 0.6) is 0 Å². The molecule has 2 aromatic rings. The van der Waals surface area contributed by atoms with Crippen molar-refractivity contribution in [2.75, 3.05) is 5.32 Å². The highest BCUT2D eigenvalue weighted by atomic mass is 79.9. The summed E-state index contributed by atoms with van der Waals surface area (Å²) in [5.41, 5.74) is 1.81. The summed E-state index contributed by atoms with van der Waals surface area (Å²) < 4.78 is 2.44. The highest BCUT2D eigenvalue weighted by molar-refractivity contribution is 9.11. The fourth-order valence-corrected chi connectivity index (χ4v) is 4.31. The Morgan fingerprint density at radius 2 is 1.75 bits per heavy atom. The molecule has 1 aromatic carbocycles. The third-order valence-electron chi connectivity index (χ3n) is 2.43. The molecular formula is C13H8Br3ClN2O. The summed E-state index contributed by atoms with van der Waals surface area (Å²) in [6.07, 6.45) is 0. The Hall–Kier alpha value is -0.430. The Morgan fingerprint density at radius 1 is 1.15 bits per heavy atom. The zero-order valence-electron chi connectivity index (χ0n) is 10.2. The van der Waals surface area contributed by atoms with Crippen molar-refractivity contribution in [3.8, 4) is 0 Å². The summed E-state index contributed by atoms with van der Waals surface area (Å²) in [4.78, 5) is 16.3. The highest BCUT2D eigenvalue weighted by Gasteiger charge is 2.13. The number of nitrogens with zero attached hydrogens (tertiary/aromatic N) is 1. The lowest BCUT2D eigenvalue weighted by molar-refractivity contribution is 0.102. The minimum absolute atomic E-state index is 0.249. The van der Waals surface area contributed by atoms with E-state index in [2.05, 4.69) is 58.1 Å². The van der Waals surface area contributed by atoms with Crippen molar-refractivity contribution in [3.63, 3.8) is 0 Å². The maximum absolute atomic E-state index is 12.3. The summed E-state index contributed by atoms with van der Waals surface area (Å²) in [6, 6.07) is 6.92. The van der Waals surface area contributed by atoms with E-state index in [4.69, 9.17) is 11.6 Å². The fraction of sp³-hybridized carbons (Fsp3) is 0.0769. The molecule has 0 bridgehead atoms. The van der Waals surface area contributed by atoms with Crippen molar-refractivity contribution in [1.29, 1.82) is 0 Å². The number of nitrogens with one attached hydrogen (secondary N) is 1. The van der Waals surface area contributed by atoms with Gasteiger partial charge >= 0.3 is 0 Å². The monoisotopic (exact) mass is 480 g/mol. The lowest BCUT2D eigenvalue weighted by atomic mass is 10.2. The number of hydrogen-bond acceptors (Lipinski definition) is 2. The van der Waals surface area contributed by atoms with Crippen LogP contribution < -0.4 is 5.32 Å². The minimum Gasteiger partial charge on any atom is -0.320 e. The van der Waals surface area contributed by atoms with Crippen LogP contribution in [-0.4, -0.2) is 10.9 Å². The summed E-state index contributed by atoms with van der Waals surface area (Å²) in [5, 5.41) is 3.13. The Morgan fingerprint density at radius 3 is 2.30 bits per heavy atom. The largest absolute Gasteiger partial charge is 0.320 e. The van der Waals surface area contributed by atoms with Crippen molar-refractivity contribution in [2.24, 2.45) is 0 Å². The molecular weight excluding hydrogens is 475 g/mol. The van der Waals surface area contributed by atoms with E-state index in [1.807, 2.05) is 12.1 Å². The van der Waals surface area contributed by atoms with Gasteiger partial charge in [0.25, 0.3) is 5.91 Å². The van der Waals surface area contributed by atoms with Crippen LogP contribution in [0.15, 0.2) is 37.7 Å². The van der Waals surface area contributed by atoms with Gasteiger partial charge in [-0.15, -0.1) is 0 Å². The molecule has 1 N–H and O–H groups in total. The van der Waals surface area contributed by atoms with Gasteiger partial charge in [-0.2, -0.15) is 0 Å². The van der Waals surface area contributed by atoms with Crippen molar-refractivity contribution >= 4 is 71.0 Å². The van der Waals surface area contributed by atoms with Crippen LogP contribution in [0.4, 0.5) is 5.69 Å². The predicted octanol–water partition coefficient (Wildman–Crippen LogP) is 5.58. The average molecular weight is 483 g/mol. The summed E-state index contributed by atoms with van der Waals surface area (Å²) in [6.45, 7) is 1.79. The quantitative estimate of drug-likeness (QED) is 0.567. The smallest absolute Gasteiger partial charge is 0.255 e. The molecule has 0 aliphatic heterocycles. The molecule has 0 aliphatic rings. The molecule has 0 fully saturated rings. The molecule has 2 rings (SSSR count). The Kier molecular flexibility index (Phi) is 5.23. The number of carbonyl (C=O) groups excluding carboxylic acids is 1. The molecule has 0 saturated carbocycles. The number of halogens is 4. The predicted molar refractivity (Wildman–Crippen MR) is 91.5 cm³/mol. The number of hydrogen-bond donors (Lipinski definition) is 1. The van der Waals surface area contributed by atoms with Gasteiger partial charge in [-0.25, -0.2) is 4.98 Å². The van der Waals surface area contributed by atoms with Gasteiger partial charge in [0.1, 0.15) is 5.15 Å². The number of benzene rings is 1. The molecule has 1 amide bonds. The van der Waals surface area contributed by atoms with Crippen LogP contribution in [0, 0.1) is 6.92 Å². The molecule has 0 spiro atoms. The van der Waals surface area contributed by atoms with E-state index in [-0.39, 0.29) is 5.91 Å². The van der Waals surface area contributed by atoms with Gasteiger partial charge in [-0.3, -0.25) is 4.79 Å². The third kappa shape index (κ3) is 3.81. The van der Waals surface area contributed by atoms with Gasteiger partial charge in [0.2, 0.25) is 0 Å². The Labute approximate surface area is 146 Å². The van der Waals surface area contributed by atoms with Crippen LogP contribution in [0.1, 0.15) is 16.1 Å². The van der Waals surface area contributed by atoms with E-state index in [1.54, 1.807) is 13.0 Å². The normalized spacial score (nSPS) is 10.4. The maximum atomic E-state index is 12.3. The van der Waals surface area contributed by atoms with E-state index < -0.39 is 0 Å². The number of aryl methyl sites for hydroxylation is 1. The molecule has 104 valence electrons. The maximum Gasteiger partial charge on any atom is 0.255 e. The first kappa shape index (κ1) is 15.9. The highest BCUT2D eigenvalue weighted by Crippen LogP contribution is 2.34. The van der Waals surface area contributed by atoms with Crippen molar-refractivity contribution in [1.82, 2.24) is 4.98 Å². The van der Waals surface area contributed by atoms with Crippen molar-refractivity contribution < 1.29 is 4.79 Å². The second-order valence-corrected chi connectivity index (χ2v) is 7.03. The fourth-order valence-electron chi connectivity index (χ4n) is 1.61. The first-order chi connectivity index (χ1) is 9.36. The molecule has 1 aromatic heterocycles. The zero-order valence-corrected chi connectivity index (χ0v) is 15.7. The minimum atomic E-state index is -0.249. The molecule has 20 heavy (non-hydrogen) atoms. The molecule has 0 saturated heterocycles. The van der Waals surface area contributed by atoms with Crippen LogP contribution >= 0.6 is 59.4 Å². The van der Waals surface area contributed by atoms with Crippen LogP contribution in [-0.2, 0) is 0 Å². The molecule has 1 heterocycles. The standard InChI is InChI=1S/C13H8Br3ClN2O/c1-6-2-7(3-11(17)18-6)13(20)19-12-9(15)4-8(14)5-10(12)16/h2-5H,1H3,(H,19,20). The molecule has 0 aliphatic carbocycles. The SMILES string of the molecule is Cc1cc(C(=O)Nc2c(Br)cc(Br)cc2Br)cc(Cl)n1. The number of pyridine rings is 1. The topological polar surface area (TPSA) is 42.0 Å². The van der Waals surface area contributed by atoms with E-state index >= 15 is 0 Å². The van der Waals surface area contributed by atoms with Gasteiger partial charge < -0.3 is 5.32 Å². The number of anilines is 1. The molecule has 0 atom stereocenters. The first-order valence-electron chi connectivity index (χ1n) is 5.47. The zero-order chi connectivity index (χ0) is 14.9. The molecule has 7 heteroatoms. The van der Waals surface area contributed by atoms with Crippen LogP contribution in [0.25, 0.3) is 0 Å². The van der Waals surface area contributed by atoms with Crippen molar-refractivity contribution in [2.45, 2.75) is 6.92 Å².